The molecule has 7 nitrogen and oxygen atoms in total. The fourth-order valence-corrected chi connectivity index (χ4v) is 3.42. The summed E-state index contributed by atoms with van der Waals surface area (Å²) in [6.45, 7) is 1.60. The van der Waals surface area contributed by atoms with Crippen LogP contribution in [0.2, 0.25) is 0 Å². The van der Waals surface area contributed by atoms with Crippen molar-refractivity contribution in [3.63, 3.8) is 0 Å². The van der Waals surface area contributed by atoms with E-state index in [0.29, 0.717) is 5.56 Å². The van der Waals surface area contributed by atoms with Crippen molar-refractivity contribution < 1.29 is 23.9 Å². The van der Waals surface area contributed by atoms with Crippen LogP contribution in [0.5, 0.6) is 0 Å². The summed E-state index contributed by atoms with van der Waals surface area (Å²) in [4.78, 5) is 37.7. The minimum Gasteiger partial charge on any atom is -0.463 e. The van der Waals surface area contributed by atoms with Gasteiger partial charge in [0, 0.05) is 11.0 Å². The molecule has 1 aliphatic rings. The van der Waals surface area contributed by atoms with Crippen LogP contribution in [-0.2, 0) is 19.1 Å². The lowest BCUT2D eigenvalue weighted by atomic mass is 9.95. The molecule has 0 spiro atoms. The number of rotatable bonds is 7. The molecule has 3 rings (SSSR count). The quantitative estimate of drug-likeness (QED) is 0.538. The zero-order valence-corrected chi connectivity index (χ0v) is 16.5. The molecule has 1 aromatic carbocycles. The Balaban J connectivity index is 1.83. The molecule has 1 atom stereocenters. The first-order valence-electron chi connectivity index (χ1n) is 8.99. The molecular weight excluding hydrogens is 392 g/mol. The minimum atomic E-state index is -0.709. The Morgan fingerprint density at radius 2 is 1.93 bits per heavy atom. The molecule has 1 aromatic heterocycles. The van der Waals surface area contributed by atoms with Crippen LogP contribution in [0.1, 0.15) is 23.4 Å². The molecule has 0 fully saturated rings. The highest BCUT2D eigenvalue weighted by Gasteiger charge is 2.34. The number of thiophene rings is 1. The van der Waals surface area contributed by atoms with Crippen LogP contribution in [-0.4, -0.2) is 31.2 Å². The summed E-state index contributed by atoms with van der Waals surface area (Å²) in [6, 6.07) is 11.6. The molecule has 1 unspecified atom stereocenters. The third-order valence-electron chi connectivity index (χ3n) is 4.07. The van der Waals surface area contributed by atoms with Gasteiger partial charge in [-0.25, -0.2) is 14.4 Å². The molecule has 29 heavy (non-hydrogen) atoms. The third kappa shape index (κ3) is 5.32. The average Bonchev–Trinajstić information content (AvgIpc) is 3.24. The second-order valence-corrected chi connectivity index (χ2v) is 6.99. The predicted octanol–water partition coefficient (Wildman–Crippen LogP) is 3.18. The molecule has 0 radical (unpaired) electrons. The minimum absolute atomic E-state index is 0.175. The number of urea groups is 1. The number of carbonyl (C=O) groups excluding carboxylic acids is 3. The molecule has 0 saturated carbocycles. The lowest BCUT2D eigenvalue weighted by molar-refractivity contribution is -0.140. The van der Waals surface area contributed by atoms with Crippen molar-refractivity contribution >= 4 is 35.4 Å². The Morgan fingerprint density at radius 1 is 1.14 bits per heavy atom. The van der Waals surface area contributed by atoms with Gasteiger partial charge in [-0.2, -0.15) is 0 Å². The smallest absolute Gasteiger partial charge is 0.338 e. The van der Waals surface area contributed by atoms with E-state index >= 15 is 0 Å². The first-order chi connectivity index (χ1) is 14.1. The van der Waals surface area contributed by atoms with Gasteiger partial charge in [-0.1, -0.05) is 36.4 Å². The standard InChI is InChI=1S/C21H20N2O5S/c1-2-27-20(25)18-16(13-28-17(24)11-10-15-9-6-12-29-15)22-21(26)23-19(18)14-7-4-3-5-8-14/h3-12,19H,2,13H2,1H3,(H2,22,23,26)/b11-10+. The Morgan fingerprint density at radius 3 is 2.62 bits per heavy atom. The maximum absolute atomic E-state index is 12.6. The van der Waals surface area contributed by atoms with E-state index in [4.69, 9.17) is 9.47 Å². The number of amides is 2. The van der Waals surface area contributed by atoms with Crippen molar-refractivity contribution in [2.75, 3.05) is 13.2 Å². The topological polar surface area (TPSA) is 93.7 Å². The Hall–Kier alpha value is -3.39. The predicted molar refractivity (Wildman–Crippen MR) is 109 cm³/mol. The van der Waals surface area contributed by atoms with Gasteiger partial charge < -0.3 is 20.1 Å². The Bertz CT molecular complexity index is 935. The molecule has 2 N–H and O–H groups in total. The van der Waals surface area contributed by atoms with E-state index in [2.05, 4.69) is 10.6 Å². The number of hydrogen-bond donors (Lipinski definition) is 2. The van der Waals surface area contributed by atoms with E-state index < -0.39 is 24.0 Å². The maximum atomic E-state index is 12.6. The van der Waals surface area contributed by atoms with Gasteiger partial charge in [-0.3, -0.25) is 0 Å². The van der Waals surface area contributed by atoms with E-state index in [-0.39, 0.29) is 24.5 Å². The van der Waals surface area contributed by atoms with E-state index in [1.165, 1.54) is 17.4 Å². The number of benzene rings is 1. The SMILES string of the molecule is CCOC(=O)C1=C(COC(=O)/C=C/c2cccs2)NC(=O)NC1c1ccccc1. The zero-order chi connectivity index (χ0) is 20.6. The number of nitrogens with one attached hydrogen (secondary N) is 2. The second kappa shape index (κ2) is 9.70. The van der Waals surface area contributed by atoms with Crippen LogP contribution in [0.3, 0.4) is 0 Å². The first kappa shape index (κ1) is 20.3. The molecule has 2 aromatic rings. The van der Waals surface area contributed by atoms with Crippen molar-refractivity contribution in [1.29, 1.82) is 0 Å². The number of ether oxygens (including phenoxy) is 2. The van der Waals surface area contributed by atoms with E-state index in [1.807, 2.05) is 23.6 Å². The van der Waals surface area contributed by atoms with Gasteiger partial charge in [-0.15, -0.1) is 11.3 Å². The summed E-state index contributed by atoms with van der Waals surface area (Å²) in [6.07, 6.45) is 2.94. The van der Waals surface area contributed by atoms with E-state index in [9.17, 15) is 14.4 Å². The fraction of sp³-hybridized carbons (Fsp3) is 0.190. The van der Waals surface area contributed by atoms with Gasteiger partial charge in [0.2, 0.25) is 0 Å². The van der Waals surface area contributed by atoms with Crippen LogP contribution in [0.25, 0.3) is 6.08 Å². The van der Waals surface area contributed by atoms with E-state index in [1.54, 1.807) is 37.3 Å². The van der Waals surface area contributed by atoms with Crippen LogP contribution in [0.15, 0.2) is 65.2 Å². The number of esters is 2. The Labute approximate surface area is 172 Å². The maximum Gasteiger partial charge on any atom is 0.338 e. The molecule has 8 heteroatoms. The largest absolute Gasteiger partial charge is 0.463 e. The van der Waals surface area contributed by atoms with Gasteiger partial charge >= 0.3 is 18.0 Å². The van der Waals surface area contributed by atoms with E-state index in [0.717, 1.165) is 4.88 Å². The summed E-state index contributed by atoms with van der Waals surface area (Å²) in [7, 11) is 0. The summed E-state index contributed by atoms with van der Waals surface area (Å²) >= 11 is 1.49. The van der Waals surface area contributed by atoms with Gasteiger partial charge in [0.15, 0.2) is 0 Å². The highest BCUT2D eigenvalue weighted by Crippen LogP contribution is 2.27. The summed E-state index contributed by atoms with van der Waals surface area (Å²) in [5.74, 6) is -1.17. The molecule has 2 heterocycles. The lowest BCUT2D eigenvalue weighted by Crippen LogP contribution is -2.47. The normalized spacial score (nSPS) is 16.3. The first-order valence-corrected chi connectivity index (χ1v) is 9.87. The highest BCUT2D eigenvalue weighted by atomic mass is 32.1. The highest BCUT2D eigenvalue weighted by molar-refractivity contribution is 7.10. The number of carbonyl (C=O) groups is 3. The van der Waals surface area contributed by atoms with Crippen LogP contribution < -0.4 is 10.6 Å². The van der Waals surface area contributed by atoms with Crippen molar-refractivity contribution in [3.8, 4) is 0 Å². The summed E-state index contributed by atoms with van der Waals surface area (Å²) < 4.78 is 10.4. The van der Waals surface area contributed by atoms with Gasteiger partial charge in [-0.05, 0) is 30.0 Å². The van der Waals surface area contributed by atoms with Crippen molar-refractivity contribution in [3.05, 3.63) is 75.6 Å². The van der Waals surface area contributed by atoms with Crippen molar-refractivity contribution in [2.24, 2.45) is 0 Å². The number of hydrogen-bond acceptors (Lipinski definition) is 6. The monoisotopic (exact) mass is 412 g/mol. The second-order valence-electron chi connectivity index (χ2n) is 6.01. The third-order valence-corrected chi connectivity index (χ3v) is 4.91. The van der Waals surface area contributed by atoms with Crippen LogP contribution in [0, 0.1) is 0 Å². The molecule has 0 saturated heterocycles. The molecule has 150 valence electrons. The van der Waals surface area contributed by atoms with Gasteiger partial charge in [0.25, 0.3) is 0 Å². The Kier molecular flexibility index (Phi) is 6.80. The van der Waals surface area contributed by atoms with Gasteiger partial charge in [0.05, 0.1) is 23.9 Å². The molecule has 1 aliphatic heterocycles. The summed E-state index contributed by atoms with van der Waals surface area (Å²) in [5.41, 5.74) is 1.11. The zero-order valence-electron chi connectivity index (χ0n) is 15.7. The fourth-order valence-electron chi connectivity index (χ4n) is 2.80. The molecule has 0 bridgehead atoms. The van der Waals surface area contributed by atoms with Crippen molar-refractivity contribution in [1.82, 2.24) is 10.6 Å². The lowest BCUT2D eigenvalue weighted by Gasteiger charge is -2.29. The van der Waals surface area contributed by atoms with Crippen LogP contribution in [0.4, 0.5) is 4.79 Å². The molecule has 0 aliphatic carbocycles. The van der Waals surface area contributed by atoms with Crippen LogP contribution >= 0.6 is 11.3 Å². The average molecular weight is 412 g/mol. The molecular formula is C21H20N2O5S. The van der Waals surface area contributed by atoms with Crippen molar-refractivity contribution in [2.45, 2.75) is 13.0 Å². The summed E-state index contributed by atoms with van der Waals surface area (Å²) in [5, 5.41) is 7.18. The molecule has 2 amide bonds. The van der Waals surface area contributed by atoms with Gasteiger partial charge in [0.1, 0.15) is 6.61 Å².